The van der Waals surface area contributed by atoms with Crippen molar-refractivity contribution in [1.82, 2.24) is 10.2 Å². The third kappa shape index (κ3) is 5.70. The van der Waals surface area contributed by atoms with Crippen LogP contribution < -0.4 is 5.32 Å². The molecule has 0 unspecified atom stereocenters. The summed E-state index contributed by atoms with van der Waals surface area (Å²) in [6.45, 7) is 9.67. The number of benzene rings is 1. The van der Waals surface area contributed by atoms with Gasteiger partial charge in [-0.3, -0.25) is 4.99 Å². The van der Waals surface area contributed by atoms with Gasteiger partial charge in [-0.25, -0.2) is 0 Å². The summed E-state index contributed by atoms with van der Waals surface area (Å²) < 4.78 is 0.305. The van der Waals surface area contributed by atoms with E-state index in [2.05, 4.69) is 60.2 Å². The minimum Gasteiger partial charge on any atom is -0.352 e. The molecule has 0 radical (unpaired) electrons. The standard InChI is InChI=1S/C16H25N3S.HI/c1-13-5-7-14(8-6-13)11-18-15(17-4)19-9-10-20-16(2,3)12-19;/h5-8H,9-12H2,1-4H3,(H,17,18);1H. The Labute approximate surface area is 150 Å². The Balaban J connectivity index is 0.00000220. The molecule has 0 bridgehead atoms. The Hall–Kier alpha value is -0.430. The van der Waals surface area contributed by atoms with Gasteiger partial charge in [0.2, 0.25) is 0 Å². The van der Waals surface area contributed by atoms with Gasteiger partial charge in [0.1, 0.15) is 0 Å². The van der Waals surface area contributed by atoms with E-state index >= 15 is 0 Å². The van der Waals surface area contributed by atoms with Gasteiger partial charge in [-0.2, -0.15) is 11.8 Å². The van der Waals surface area contributed by atoms with Crippen LogP contribution in [-0.2, 0) is 6.54 Å². The number of guanidine groups is 1. The molecule has 1 heterocycles. The predicted octanol–water partition coefficient (Wildman–Crippen LogP) is 3.52. The van der Waals surface area contributed by atoms with Gasteiger partial charge >= 0.3 is 0 Å². The van der Waals surface area contributed by atoms with Crippen LogP contribution in [0.1, 0.15) is 25.0 Å². The van der Waals surface area contributed by atoms with Crippen molar-refractivity contribution in [2.45, 2.75) is 32.1 Å². The highest BCUT2D eigenvalue weighted by atomic mass is 127. The van der Waals surface area contributed by atoms with E-state index in [1.165, 1.54) is 11.1 Å². The highest BCUT2D eigenvalue weighted by Gasteiger charge is 2.28. The SMILES string of the molecule is CN=C(NCc1ccc(C)cc1)N1CCSC(C)(C)C1.I. The second-order valence-corrected chi connectivity index (χ2v) is 7.72. The number of hydrogen-bond acceptors (Lipinski definition) is 2. The maximum atomic E-state index is 4.43. The molecule has 0 spiro atoms. The molecule has 1 aliphatic heterocycles. The van der Waals surface area contributed by atoms with E-state index in [4.69, 9.17) is 0 Å². The van der Waals surface area contributed by atoms with Crippen molar-refractivity contribution in [2.75, 3.05) is 25.9 Å². The lowest BCUT2D eigenvalue weighted by atomic mass is 10.1. The summed E-state index contributed by atoms with van der Waals surface area (Å²) in [5.74, 6) is 2.18. The molecular weight excluding hydrogens is 393 g/mol. The van der Waals surface area contributed by atoms with Crippen molar-refractivity contribution in [3.63, 3.8) is 0 Å². The summed E-state index contributed by atoms with van der Waals surface area (Å²) in [5, 5.41) is 3.48. The summed E-state index contributed by atoms with van der Waals surface area (Å²) in [6.07, 6.45) is 0. The molecule has 0 aliphatic carbocycles. The van der Waals surface area contributed by atoms with Crippen LogP contribution in [-0.4, -0.2) is 41.5 Å². The average molecular weight is 419 g/mol. The number of aliphatic imine (C=N–C) groups is 1. The molecule has 118 valence electrons. The second kappa shape index (κ2) is 8.27. The van der Waals surface area contributed by atoms with Gasteiger partial charge in [0, 0.05) is 37.2 Å². The smallest absolute Gasteiger partial charge is 0.193 e. The molecule has 0 aromatic heterocycles. The Morgan fingerprint density at radius 1 is 1.33 bits per heavy atom. The van der Waals surface area contributed by atoms with Crippen molar-refractivity contribution in [2.24, 2.45) is 4.99 Å². The maximum Gasteiger partial charge on any atom is 0.193 e. The Morgan fingerprint density at radius 2 is 2.00 bits per heavy atom. The fraction of sp³-hybridized carbons (Fsp3) is 0.562. The molecule has 1 saturated heterocycles. The fourth-order valence-corrected chi connectivity index (χ4v) is 3.53. The fourth-order valence-electron chi connectivity index (χ4n) is 2.42. The molecule has 1 aliphatic rings. The van der Waals surface area contributed by atoms with E-state index < -0.39 is 0 Å². The lowest BCUT2D eigenvalue weighted by Gasteiger charge is -2.39. The number of rotatable bonds is 2. The number of nitrogens with zero attached hydrogens (tertiary/aromatic N) is 2. The zero-order valence-electron chi connectivity index (χ0n) is 13.3. The monoisotopic (exact) mass is 419 g/mol. The molecule has 0 saturated carbocycles. The van der Waals surface area contributed by atoms with E-state index in [0.29, 0.717) is 4.75 Å². The van der Waals surface area contributed by atoms with Crippen LogP contribution in [0.25, 0.3) is 0 Å². The largest absolute Gasteiger partial charge is 0.352 e. The maximum absolute atomic E-state index is 4.43. The molecule has 1 fully saturated rings. The molecule has 3 nitrogen and oxygen atoms in total. The van der Waals surface area contributed by atoms with Crippen molar-refractivity contribution in [1.29, 1.82) is 0 Å². The molecule has 1 N–H and O–H groups in total. The van der Waals surface area contributed by atoms with Crippen LogP contribution in [0.15, 0.2) is 29.3 Å². The molecular formula is C16H26IN3S. The number of hydrogen-bond donors (Lipinski definition) is 1. The minimum atomic E-state index is 0. The Morgan fingerprint density at radius 3 is 2.57 bits per heavy atom. The summed E-state index contributed by atoms with van der Waals surface area (Å²) in [7, 11) is 1.87. The van der Waals surface area contributed by atoms with Crippen LogP contribution in [0.2, 0.25) is 0 Å². The first-order valence-corrected chi connectivity index (χ1v) is 8.14. The predicted molar refractivity (Wildman–Crippen MR) is 105 cm³/mol. The molecule has 1 aromatic carbocycles. The zero-order chi connectivity index (χ0) is 14.6. The Kier molecular flexibility index (Phi) is 7.33. The third-order valence-electron chi connectivity index (χ3n) is 3.51. The Bertz CT molecular complexity index is 471. The summed E-state index contributed by atoms with van der Waals surface area (Å²) >= 11 is 2.04. The number of thioether (sulfide) groups is 1. The van der Waals surface area contributed by atoms with Crippen molar-refractivity contribution >= 4 is 41.7 Å². The van der Waals surface area contributed by atoms with Crippen LogP contribution in [0, 0.1) is 6.92 Å². The van der Waals surface area contributed by atoms with E-state index in [-0.39, 0.29) is 24.0 Å². The van der Waals surface area contributed by atoms with E-state index in [1.54, 1.807) is 0 Å². The summed E-state index contributed by atoms with van der Waals surface area (Å²) in [4.78, 5) is 6.80. The lowest BCUT2D eigenvalue weighted by Crippen LogP contribution is -2.50. The first-order chi connectivity index (χ1) is 9.50. The number of halogens is 1. The van der Waals surface area contributed by atoms with Crippen molar-refractivity contribution < 1.29 is 0 Å². The third-order valence-corrected chi connectivity index (χ3v) is 4.81. The summed E-state index contributed by atoms with van der Waals surface area (Å²) in [5.41, 5.74) is 2.59. The van der Waals surface area contributed by atoms with Gasteiger partial charge in [-0.15, -0.1) is 24.0 Å². The van der Waals surface area contributed by atoms with Gasteiger partial charge in [0.25, 0.3) is 0 Å². The van der Waals surface area contributed by atoms with Gasteiger partial charge in [-0.1, -0.05) is 29.8 Å². The number of nitrogens with one attached hydrogen (secondary N) is 1. The zero-order valence-corrected chi connectivity index (χ0v) is 16.5. The summed E-state index contributed by atoms with van der Waals surface area (Å²) in [6, 6.07) is 8.65. The van der Waals surface area contributed by atoms with Crippen LogP contribution in [0.3, 0.4) is 0 Å². The lowest BCUT2D eigenvalue weighted by molar-refractivity contribution is 0.376. The van der Waals surface area contributed by atoms with Gasteiger partial charge in [-0.05, 0) is 26.3 Å². The quantitative estimate of drug-likeness (QED) is 0.452. The van der Waals surface area contributed by atoms with Gasteiger partial charge in [0.15, 0.2) is 5.96 Å². The van der Waals surface area contributed by atoms with E-state index in [1.807, 2.05) is 18.8 Å². The average Bonchev–Trinajstić information content (AvgIpc) is 2.40. The van der Waals surface area contributed by atoms with Crippen molar-refractivity contribution in [3.05, 3.63) is 35.4 Å². The first-order valence-electron chi connectivity index (χ1n) is 7.15. The molecule has 0 atom stereocenters. The van der Waals surface area contributed by atoms with Crippen LogP contribution in [0.4, 0.5) is 0 Å². The van der Waals surface area contributed by atoms with Gasteiger partial charge < -0.3 is 10.2 Å². The van der Waals surface area contributed by atoms with E-state index in [0.717, 1.165) is 31.3 Å². The minimum absolute atomic E-state index is 0. The van der Waals surface area contributed by atoms with Crippen LogP contribution >= 0.6 is 35.7 Å². The molecule has 5 heteroatoms. The normalized spacial score (nSPS) is 18.1. The number of aryl methyl sites for hydroxylation is 1. The highest BCUT2D eigenvalue weighted by Crippen LogP contribution is 2.29. The second-order valence-electron chi connectivity index (χ2n) is 5.92. The topological polar surface area (TPSA) is 27.6 Å². The molecule has 2 rings (SSSR count). The van der Waals surface area contributed by atoms with E-state index in [9.17, 15) is 0 Å². The first kappa shape index (κ1) is 18.6. The highest BCUT2D eigenvalue weighted by molar-refractivity contribution is 14.0. The van der Waals surface area contributed by atoms with Crippen LogP contribution in [0.5, 0.6) is 0 Å². The molecule has 0 amide bonds. The van der Waals surface area contributed by atoms with Gasteiger partial charge in [0.05, 0.1) is 0 Å². The molecule has 1 aromatic rings. The molecule has 21 heavy (non-hydrogen) atoms. The van der Waals surface area contributed by atoms with Crippen molar-refractivity contribution in [3.8, 4) is 0 Å².